The molecule has 0 atom stereocenters. The highest BCUT2D eigenvalue weighted by Gasteiger charge is 2.26. The van der Waals surface area contributed by atoms with Crippen LogP contribution in [0.15, 0.2) is 53.4 Å². The Labute approximate surface area is 188 Å². The van der Waals surface area contributed by atoms with E-state index in [1.54, 1.807) is 28.6 Å². The molecule has 7 heteroatoms. The Morgan fingerprint density at radius 1 is 0.938 bits per heavy atom. The van der Waals surface area contributed by atoms with Crippen LogP contribution >= 0.6 is 0 Å². The number of piperidine rings is 1. The molecule has 0 spiro atoms. The van der Waals surface area contributed by atoms with Gasteiger partial charge in [-0.25, -0.2) is 8.42 Å². The number of sulfonamides is 1. The highest BCUT2D eigenvalue weighted by molar-refractivity contribution is 7.89. The van der Waals surface area contributed by atoms with Gasteiger partial charge in [0.15, 0.2) is 0 Å². The van der Waals surface area contributed by atoms with E-state index in [1.807, 2.05) is 24.3 Å². The molecule has 2 aliphatic rings. The molecule has 3 aromatic rings. The lowest BCUT2D eigenvalue weighted by Gasteiger charge is -2.25. The van der Waals surface area contributed by atoms with Gasteiger partial charge in [0.25, 0.3) is 5.91 Å². The van der Waals surface area contributed by atoms with Gasteiger partial charge in [-0.1, -0.05) is 36.8 Å². The maximum Gasteiger partial charge on any atom is 0.252 e. The number of aryl methyl sites for hydroxylation is 1. The van der Waals surface area contributed by atoms with Crippen LogP contribution in [0.1, 0.15) is 52.9 Å². The van der Waals surface area contributed by atoms with E-state index in [0.717, 1.165) is 71.8 Å². The van der Waals surface area contributed by atoms with Crippen LogP contribution in [0.2, 0.25) is 0 Å². The standard InChI is InChI=1S/C25H27N3O3S/c29-25(24-20-7-2-3-9-22(20)27-23-10-6-8-21(23)24)26-17-18-11-13-19(14-12-18)32(30,31)28-15-4-1-5-16-28/h2-3,7,9,11-14H,1,4-6,8,10,15-17H2,(H,26,29). The second-order valence-corrected chi connectivity index (χ2v) is 10.5. The van der Waals surface area contributed by atoms with Crippen molar-refractivity contribution < 1.29 is 13.2 Å². The molecule has 1 N–H and O–H groups in total. The summed E-state index contributed by atoms with van der Waals surface area (Å²) >= 11 is 0. The zero-order valence-electron chi connectivity index (χ0n) is 18.0. The molecular weight excluding hydrogens is 422 g/mol. The first-order valence-corrected chi connectivity index (χ1v) is 12.8. The minimum absolute atomic E-state index is 0.105. The summed E-state index contributed by atoms with van der Waals surface area (Å²) in [6, 6.07) is 14.6. The summed E-state index contributed by atoms with van der Waals surface area (Å²) in [7, 11) is -3.45. The van der Waals surface area contributed by atoms with Gasteiger partial charge < -0.3 is 5.32 Å². The molecule has 6 nitrogen and oxygen atoms in total. The molecule has 1 amide bonds. The van der Waals surface area contributed by atoms with Crippen molar-refractivity contribution in [3.63, 3.8) is 0 Å². The summed E-state index contributed by atoms with van der Waals surface area (Å²) in [5, 5.41) is 3.92. The van der Waals surface area contributed by atoms with Crippen molar-refractivity contribution in [1.29, 1.82) is 0 Å². The van der Waals surface area contributed by atoms with Gasteiger partial charge in [0, 0.05) is 30.7 Å². The molecule has 1 saturated heterocycles. The fourth-order valence-electron chi connectivity index (χ4n) is 4.77. The van der Waals surface area contributed by atoms with Crippen LogP contribution in [0.25, 0.3) is 10.9 Å². The van der Waals surface area contributed by atoms with Crippen LogP contribution in [0.5, 0.6) is 0 Å². The molecule has 1 aliphatic heterocycles. The monoisotopic (exact) mass is 449 g/mol. The molecule has 1 aromatic heterocycles. The second kappa shape index (κ2) is 8.64. The molecule has 0 bridgehead atoms. The number of para-hydroxylation sites is 1. The number of amides is 1. The number of aromatic nitrogens is 1. The fraction of sp³-hybridized carbons (Fsp3) is 0.360. The van der Waals surface area contributed by atoms with Crippen LogP contribution < -0.4 is 5.32 Å². The predicted octanol–water partition coefficient (Wildman–Crippen LogP) is 3.83. The first kappa shape index (κ1) is 21.1. The Morgan fingerprint density at radius 2 is 1.69 bits per heavy atom. The first-order valence-electron chi connectivity index (χ1n) is 11.3. The highest BCUT2D eigenvalue weighted by Crippen LogP contribution is 2.30. The van der Waals surface area contributed by atoms with Gasteiger partial charge in [-0.3, -0.25) is 9.78 Å². The summed E-state index contributed by atoms with van der Waals surface area (Å²) in [6.07, 6.45) is 5.71. The van der Waals surface area contributed by atoms with Gasteiger partial charge in [-0.05, 0) is 61.4 Å². The summed E-state index contributed by atoms with van der Waals surface area (Å²) in [5.41, 5.74) is 4.54. The minimum atomic E-state index is -3.45. The highest BCUT2D eigenvalue weighted by atomic mass is 32.2. The molecular formula is C25H27N3O3S. The Hall–Kier alpha value is -2.77. The number of benzene rings is 2. The number of nitrogens with zero attached hydrogens (tertiary/aromatic N) is 2. The van der Waals surface area contributed by atoms with Crippen molar-refractivity contribution in [2.45, 2.75) is 50.0 Å². The number of fused-ring (bicyclic) bond motifs is 2. The molecule has 0 unspecified atom stereocenters. The van der Waals surface area contributed by atoms with E-state index < -0.39 is 10.0 Å². The molecule has 2 aromatic carbocycles. The molecule has 0 radical (unpaired) electrons. The second-order valence-electron chi connectivity index (χ2n) is 8.57. The van der Waals surface area contributed by atoms with Crippen LogP contribution in [0.3, 0.4) is 0 Å². The maximum atomic E-state index is 13.2. The number of rotatable bonds is 5. The SMILES string of the molecule is O=C(NCc1ccc(S(=O)(=O)N2CCCCC2)cc1)c1c2c(nc3ccccc13)CCC2. The van der Waals surface area contributed by atoms with E-state index in [4.69, 9.17) is 4.98 Å². The fourth-order valence-corrected chi connectivity index (χ4v) is 6.29. The third-order valence-electron chi connectivity index (χ3n) is 6.48. The van der Waals surface area contributed by atoms with E-state index in [0.29, 0.717) is 24.5 Å². The minimum Gasteiger partial charge on any atom is -0.348 e. The number of hydrogen-bond donors (Lipinski definition) is 1. The van der Waals surface area contributed by atoms with Crippen LogP contribution in [0, 0.1) is 0 Å². The molecule has 1 fully saturated rings. The van der Waals surface area contributed by atoms with Gasteiger partial charge in [0.2, 0.25) is 10.0 Å². The maximum absolute atomic E-state index is 13.2. The number of nitrogens with one attached hydrogen (secondary N) is 1. The van der Waals surface area contributed by atoms with Crippen molar-refractivity contribution in [3.05, 3.63) is 70.9 Å². The summed E-state index contributed by atoms with van der Waals surface area (Å²) in [4.78, 5) is 18.2. The zero-order chi connectivity index (χ0) is 22.1. The molecule has 2 heterocycles. The van der Waals surface area contributed by atoms with Crippen molar-refractivity contribution in [3.8, 4) is 0 Å². The van der Waals surface area contributed by atoms with Crippen molar-refractivity contribution in [2.75, 3.05) is 13.1 Å². The van der Waals surface area contributed by atoms with E-state index >= 15 is 0 Å². The molecule has 1 aliphatic carbocycles. The summed E-state index contributed by atoms with van der Waals surface area (Å²) in [5.74, 6) is -0.105. The number of carbonyl (C=O) groups excluding carboxylic acids is 1. The van der Waals surface area contributed by atoms with E-state index in [-0.39, 0.29) is 5.91 Å². The first-order chi connectivity index (χ1) is 15.5. The quantitative estimate of drug-likeness (QED) is 0.642. The Morgan fingerprint density at radius 3 is 2.47 bits per heavy atom. The average molecular weight is 450 g/mol. The van der Waals surface area contributed by atoms with Crippen molar-refractivity contribution in [2.24, 2.45) is 0 Å². The van der Waals surface area contributed by atoms with E-state index in [1.165, 1.54) is 0 Å². The van der Waals surface area contributed by atoms with Gasteiger partial charge in [-0.15, -0.1) is 0 Å². The van der Waals surface area contributed by atoms with Gasteiger partial charge in [-0.2, -0.15) is 4.31 Å². The van der Waals surface area contributed by atoms with Gasteiger partial charge in [0.05, 0.1) is 16.0 Å². The number of hydrogen-bond acceptors (Lipinski definition) is 4. The van der Waals surface area contributed by atoms with E-state index in [2.05, 4.69) is 5.32 Å². The lowest BCUT2D eigenvalue weighted by atomic mass is 10.0. The van der Waals surface area contributed by atoms with Crippen LogP contribution in [-0.4, -0.2) is 36.7 Å². The van der Waals surface area contributed by atoms with E-state index in [9.17, 15) is 13.2 Å². The Kier molecular flexibility index (Phi) is 5.69. The molecule has 5 rings (SSSR count). The largest absolute Gasteiger partial charge is 0.348 e. The average Bonchev–Trinajstić information content (AvgIpc) is 3.30. The summed E-state index contributed by atoms with van der Waals surface area (Å²) in [6.45, 7) is 1.52. The topological polar surface area (TPSA) is 79.4 Å². The zero-order valence-corrected chi connectivity index (χ0v) is 18.8. The summed E-state index contributed by atoms with van der Waals surface area (Å²) < 4.78 is 27.2. The van der Waals surface area contributed by atoms with Crippen molar-refractivity contribution in [1.82, 2.24) is 14.6 Å². The normalized spacial score (nSPS) is 16.8. The molecule has 32 heavy (non-hydrogen) atoms. The molecule has 0 saturated carbocycles. The van der Waals surface area contributed by atoms with Crippen molar-refractivity contribution >= 4 is 26.8 Å². The number of pyridine rings is 1. The Balaban J connectivity index is 1.33. The third kappa shape index (κ3) is 3.91. The lowest BCUT2D eigenvalue weighted by molar-refractivity contribution is 0.0951. The van der Waals surface area contributed by atoms with Crippen LogP contribution in [-0.2, 0) is 29.4 Å². The predicted molar refractivity (Wildman–Crippen MR) is 124 cm³/mol. The third-order valence-corrected chi connectivity index (χ3v) is 8.39. The van der Waals surface area contributed by atoms with Gasteiger partial charge in [0.1, 0.15) is 0 Å². The molecule has 166 valence electrons. The van der Waals surface area contributed by atoms with Crippen LogP contribution in [0.4, 0.5) is 0 Å². The smallest absolute Gasteiger partial charge is 0.252 e. The lowest BCUT2D eigenvalue weighted by Crippen LogP contribution is -2.35. The van der Waals surface area contributed by atoms with Gasteiger partial charge >= 0.3 is 0 Å². The number of carbonyl (C=O) groups is 1. The Bertz CT molecular complexity index is 1260.